The maximum Gasteiger partial charge on any atom is 0.338 e. The lowest BCUT2D eigenvalue weighted by Gasteiger charge is -2.51. The SMILES string of the molecule is CC1(COc2cc(F)c(C(=O)O)cc2C2CC2)CN(C(c2ccccc2)c2ccccc2)C1. The van der Waals surface area contributed by atoms with Crippen LogP contribution in [0.4, 0.5) is 4.39 Å². The van der Waals surface area contributed by atoms with E-state index in [2.05, 4.69) is 60.4 Å². The van der Waals surface area contributed by atoms with Crippen LogP contribution in [-0.4, -0.2) is 35.7 Å². The molecule has 0 radical (unpaired) electrons. The third kappa shape index (κ3) is 4.51. The predicted molar refractivity (Wildman–Crippen MR) is 125 cm³/mol. The average Bonchev–Trinajstić information content (AvgIpc) is 3.63. The molecule has 170 valence electrons. The van der Waals surface area contributed by atoms with E-state index < -0.39 is 11.8 Å². The first kappa shape index (κ1) is 21.7. The highest BCUT2D eigenvalue weighted by molar-refractivity contribution is 5.88. The van der Waals surface area contributed by atoms with Crippen molar-refractivity contribution in [2.75, 3.05) is 19.7 Å². The number of halogens is 1. The zero-order chi connectivity index (χ0) is 23.0. The van der Waals surface area contributed by atoms with E-state index in [0.29, 0.717) is 12.4 Å². The summed E-state index contributed by atoms with van der Waals surface area (Å²) in [6.07, 6.45) is 1.98. The number of carboxylic acids is 1. The molecule has 0 bridgehead atoms. The van der Waals surface area contributed by atoms with E-state index in [4.69, 9.17) is 4.74 Å². The zero-order valence-electron chi connectivity index (χ0n) is 18.7. The lowest BCUT2D eigenvalue weighted by Crippen LogP contribution is -2.58. The van der Waals surface area contributed by atoms with E-state index in [-0.39, 0.29) is 22.9 Å². The Balaban J connectivity index is 1.31. The van der Waals surface area contributed by atoms with Crippen LogP contribution in [0.2, 0.25) is 0 Å². The van der Waals surface area contributed by atoms with Gasteiger partial charge in [0.15, 0.2) is 0 Å². The zero-order valence-corrected chi connectivity index (χ0v) is 18.7. The predicted octanol–water partition coefficient (Wildman–Crippen LogP) is 5.89. The van der Waals surface area contributed by atoms with E-state index in [9.17, 15) is 14.3 Å². The fraction of sp³-hybridized carbons (Fsp3) is 0.321. The monoisotopic (exact) mass is 445 g/mol. The summed E-state index contributed by atoms with van der Waals surface area (Å²) in [5, 5.41) is 9.27. The maximum absolute atomic E-state index is 14.4. The van der Waals surface area contributed by atoms with Gasteiger partial charge in [0.25, 0.3) is 0 Å². The molecule has 0 spiro atoms. The normalized spacial score (nSPS) is 17.5. The van der Waals surface area contributed by atoms with Gasteiger partial charge in [-0.3, -0.25) is 4.90 Å². The third-order valence-corrected chi connectivity index (χ3v) is 6.69. The smallest absolute Gasteiger partial charge is 0.338 e. The molecule has 3 aromatic carbocycles. The molecule has 2 fully saturated rings. The minimum atomic E-state index is -1.24. The van der Waals surface area contributed by atoms with Crippen molar-refractivity contribution in [3.63, 3.8) is 0 Å². The molecule has 1 saturated heterocycles. The number of hydrogen-bond acceptors (Lipinski definition) is 3. The first-order valence-corrected chi connectivity index (χ1v) is 11.5. The third-order valence-electron chi connectivity index (χ3n) is 6.69. The lowest BCUT2D eigenvalue weighted by atomic mass is 9.79. The van der Waals surface area contributed by atoms with Crippen molar-refractivity contribution in [1.82, 2.24) is 4.90 Å². The van der Waals surface area contributed by atoms with Gasteiger partial charge in [0.2, 0.25) is 0 Å². The summed E-state index contributed by atoms with van der Waals surface area (Å²) < 4.78 is 20.5. The quantitative estimate of drug-likeness (QED) is 0.470. The van der Waals surface area contributed by atoms with E-state index in [1.165, 1.54) is 23.3 Å². The Hall–Kier alpha value is -3.18. The summed E-state index contributed by atoms with van der Waals surface area (Å²) in [7, 11) is 0. The highest BCUT2D eigenvalue weighted by Gasteiger charge is 2.43. The fourth-order valence-electron chi connectivity index (χ4n) is 4.92. The maximum atomic E-state index is 14.4. The molecule has 0 atom stereocenters. The van der Waals surface area contributed by atoms with Crippen LogP contribution >= 0.6 is 0 Å². The summed E-state index contributed by atoms with van der Waals surface area (Å²) in [6, 6.07) is 23.9. The van der Waals surface area contributed by atoms with Gasteiger partial charge in [0.05, 0.1) is 18.2 Å². The summed E-state index contributed by atoms with van der Waals surface area (Å²) >= 11 is 0. The van der Waals surface area contributed by atoms with Gasteiger partial charge < -0.3 is 9.84 Å². The van der Waals surface area contributed by atoms with Crippen LogP contribution in [0.3, 0.4) is 0 Å². The average molecular weight is 446 g/mol. The van der Waals surface area contributed by atoms with Gasteiger partial charge in [-0.25, -0.2) is 9.18 Å². The summed E-state index contributed by atoms with van der Waals surface area (Å²) in [5.41, 5.74) is 2.99. The lowest BCUT2D eigenvalue weighted by molar-refractivity contribution is -0.0379. The van der Waals surface area contributed by atoms with Crippen molar-refractivity contribution in [3.05, 3.63) is 101 Å². The number of ether oxygens (including phenoxy) is 1. The Labute approximate surface area is 193 Å². The van der Waals surface area contributed by atoms with Crippen molar-refractivity contribution in [1.29, 1.82) is 0 Å². The molecule has 4 nitrogen and oxygen atoms in total. The van der Waals surface area contributed by atoms with Crippen LogP contribution < -0.4 is 4.74 Å². The highest BCUT2D eigenvalue weighted by atomic mass is 19.1. The topological polar surface area (TPSA) is 49.8 Å². The van der Waals surface area contributed by atoms with Gasteiger partial charge >= 0.3 is 5.97 Å². The Bertz CT molecular complexity index is 1100. The Morgan fingerprint density at radius 3 is 2.15 bits per heavy atom. The number of benzene rings is 3. The van der Waals surface area contributed by atoms with Crippen LogP contribution in [0.1, 0.15) is 58.8 Å². The van der Waals surface area contributed by atoms with E-state index >= 15 is 0 Å². The van der Waals surface area contributed by atoms with Gasteiger partial charge in [-0.1, -0.05) is 67.6 Å². The minimum absolute atomic E-state index is 0.0649. The van der Waals surface area contributed by atoms with Crippen molar-refractivity contribution in [2.24, 2.45) is 5.41 Å². The molecule has 1 aliphatic carbocycles. The number of carboxylic acid groups (broad SMARTS) is 1. The number of nitrogens with zero attached hydrogens (tertiary/aromatic N) is 1. The number of aromatic carboxylic acids is 1. The first-order valence-electron chi connectivity index (χ1n) is 11.5. The molecule has 5 heteroatoms. The highest BCUT2D eigenvalue weighted by Crippen LogP contribution is 2.46. The van der Waals surface area contributed by atoms with E-state index in [1.807, 2.05) is 12.1 Å². The van der Waals surface area contributed by atoms with E-state index in [1.54, 1.807) is 0 Å². The fourth-order valence-corrected chi connectivity index (χ4v) is 4.92. The Kier molecular flexibility index (Phi) is 5.67. The molecule has 5 rings (SSSR count). The number of carbonyl (C=O) groups is 1. The van der Waals surface area contributed by atoms with Crippen LogP contribution in [0.5, 0.6) is 5.75 Å². The van der Waals surface area contributed by atoms with Gasteiger partial charge in [-0.15, -0.1) is 0 Å². The summed E-state index contributed by atoms with van der Waals surface area (Å²) in [6.45, 7) is 4.37. The molecule has 2 aliphatic rings. The molecule has 1 saturated carbocycles. The van der Waals surface area contributed by atoms with Crippen molar-refractivity contribution < 1.29 is 19.0 Å². The molecule has 0 aromatic heterocycles. The van der Waals surface area contributed by atoms with Gasteiger partial charge in [0.1, 0.15) is 11.6 Å². The second-order valence-corrected chi connectivity index (χ2v) is 9.68. The van der Waals surface area contributed by atoms with Crippen molar-refractivity contribution in [3.8, 4) is 5.75 Å². The Morgan fingerprint density at radius 1 is 1.06 bits per heavy atom. The number of rotatable bonds is 8. The second-order valence-electron chi connectivity index (χ2n) is 9.68. The number of likely N-dealkylation sites (tertiary alicyclic amines) is 1. The molecule has 0 unspecified atom stereocenters. The van der Waals surface area contributed by atoms with Gasteiger partial charge in [-0.2, -0.15) is 0 Å². The van der Waals surface area contributed by atoms with Gasteiger partial charge in [-0.05, 0) is 41.5 Å². The Morgan fingerprint density at radius 2 is 1.64 bits per heavy atom. The van der Waals surface area contributed by atoms with Crippen molar-refractivity contribution >= 4 is 5.97 Å². The molecule has 3 aromatic rings. The first-order chi connectivity index (χ1) is 15.9. The molecule has 1 N–H and O–H groups in total. The standard InChI is InChI=1S/C28H28FNO3/c1-28(18-33-25-15-24(29)23(27(31)32)14-22(25)19-12-13-19)16-30(17-28)26(20-8-4-2-5-9-20)21-10-6-3-7-11-21/h2-11,14-15,19,26H,12-13,16-18H2,1H3,(H,31,32). The summed E-state index contributed by atoms with van der Waals surface area (Å²) in [5.74, 6) is -1.22. The second kappa shape index (κ2) is 8.64. The largest absolute Gasteiger partial charge is 0.493 e. The van der Waals surface area contributed by atoms with Crippen molar-refractivity contribution in [2.45, 2.75) is 31.7 Å². The molecular formula is C28H28FNO3. The molecule has 1 heterocycles. The number of hydrogen-bond donors (Lipinski definition) is 1. The van der Waals surface area contributed by atoms with Crippen LogP contribution in [0.25, 0.3) is 0 Å². The molecule has 33 heavy (non-hydrogen) atoms. The van der Waals surface area contributed by atoms with Crippen LogP contribution in [0, 0.1) is 11.2 Å². The van der Waals surface area contributed by atoms with Gasteiger partial charge in [0, 0.05) is 24.6 Å². The minimum Gasteiger partial charge on any atom is -0.493 e. The summed E-state index contributed by atoms with van der Waals surface area (Å²) in [4.78, 5) is 13.8. The molecule has 1 aliphatic heterocycles. The van der Waals surface area contributed by atoms with Crippen LogP contribution in [0.15, 0.2) is 72.8 Å². The van der Waals surface area contributed by atoms with E-state index in [0.717, 1.165) is 31.5 Å². The molecule has 0 amide bonds. The molecular weight excluding hydrogens is 417 g/mol. The van der Waals surface area contributed by atoms with Crippen LogP contribution in [-0.2, 0) is 0 Å².